The number of hydrogen-bond acceptors (Lipinski definition) is 3. The Balaban J connectivity index is 2.05. The van der Waals surface area contributed by atoms with E-state index in [9.17, 15) is 8.42 Å². The minimum atomic E-state index is -3.74. The van der Waals surface area contributed by atoms with E-state index >= 15 is 0 Å². The molecule has 0 spiro atoms. The van der Waals surface area contributed by atoms with Gasteiger partial charge in [0.1, 0.15) is 0 Å². The zero-order chi connectivity index (χ0) is 14.6. The highest BCUT2D eigenvalue weighted by molar-refractivity contribution is 7.90. The van der Waals surface area contributed by atoms with Crippen molar-refractivity contribution in [2.45, 2.75) is 20.0 Å². The first kappa shape index (κ1) is 14.4. The quantitative estimate of drug-likeness (QED) is 0.758. The van der Waals surface area contributed by atoms with Gasteiger partial charge in [0.25, 0.3) is 10.2 Å². The summed E-state index contributed by atoms with van der Waals surface area (Å²) in [7, 11) is -3.74. The Morgan fingerprint density at radius 2 is 1.95 bits per heavy atom. The highest BCUT2D eigenvalue weighted by Gasteiger charge is 2.03. The van der Waals surface area contributed by atoms with Crippen LogP contribution in [0, 0.1) is 0 Å². The van der Waals surface area contributed by atoms with Crippen LogP contribution in [0.2, 0.25) is 0 Å². The number of hydrogen-bond donors (Lipinski definition) is 3. The van der Waals surface area contributed by atoms with Crippen LogP contribution < -0.4 is 15.2 Å². The maximum absolute atomic E-state index is 11.0. The molecule has 0 aliphatic carbocycles. The van der Waals surface area contributed by atoms with Gasteiger partial charge >= 0.3 is 0 Å². The third-order valence-corrected chi connectivity index (χ3v) is 3.38. The summed E-state index contributed by atoms with van der Waals surface area (Å²) in [6.45, 7) is 3.66. The number of nitrogens with one attached hydrogen (secondary N) is 2. The molecule has 0 saturated heterocycles. The molecule has 1 heterocycles. The first-order valence-corrected chi connectivity index (χ1v) is 7.81. The van der Waals surface area contributed by atoms with E-state index in [1.54, 1.807) is 18.2 Å². The topological polar surface area (TPSA) is 89.2 Å². The molecular formula is C13H18N4O2S. The van der Waals surface area contributed by atoms with Crippen LogP contribution in [0.3, 0.4) is 0 Å². The van der Waals surface area contributed by atoms with Crippen LogP contribution in [0.15, 0.2) is 42.6 Å². The molecule has 108 valence electrons. The Morgan fingerprint density at radius 1 is 1.20 bits per heavy atom. The first-order chi connectivity index (χ1) is 9.48. The fourth-order valence-electron chi connectivity index (χ4n) is 1.97. The lowest BCUT2D eigenvalue weighted by atomic mass is 10.3. The molecule has 0 aliphatic rings. The van der Waals surface area contributed by atoms with Gasteiger partial charge in [0.2, 0.25) is 0 Å². The van der Waals surface area contributed by atoms with Crippen LogP contribution >= 0.6 is 0 Å². The van der Waals surface area contributed by atoms with Crippen molar-refractivity contribution < 1.29 is 8.42 Å². The normalized spacial score (nSPS) is 11.3. The first-order valence-electron chi connectivity index (χ1n) is 6.26. The van der Waals surface area contributed by atoms with E-state index in [1.165, 1.54) is 0 Å². The van der Waals surface area contributed by atoms with E-state index in [-0.39, 0.29) is 0 Å². The second-order valence-electron chi connectivity index (χ2n) is 4.37. The minimum Gasteiger partial charge on any atom is -0.379 e. The molecule has 6 nitrogen and oxygen atoms in total. The van der Waals surface area contributed by atoms with E-state index in [0.717, 1.165) is 17.9 Å². The zero-order valence-electron chi connectivity index (χ0n) is 11.2. The molecule has 2 aromatic rings. The van der Waals surface area contributed by atoms with Gasteiger partial charge in [0, 0.05) is 24.1 Å². The molecule has 20 heavy (non-hydrogen) atoms. The van der Waals surface area contributed by atoms with Crippen molar-refractivity contribution in [3.63, 3.8) is 0 Å². The second-order valence-corrected chi connectivity index (χ2v) is 5.66. The molecule has 0 atom stereocenters. The monoisotopic (exact) mass is 294 g/mol. The Bertz CT molecular complexity index is 679. The fourth-order valence-corrected chi connectivity index (χ4v) is 2.42. The van der Waals surface area contributed by atoms with Gasteiger partial charge in [-0.15, -0.1) is 0 Å². The molecule has 7 heteroatoms. The van der Waals surface area contributed by atoms with Gasteiger partial charge in [0.05, 0.1) is 12.2 Å². The predicted octanol–water partition coefficient (Wildman–Crippen LogP) is 1.74. The summed E-state index contributed by atoms with van der Waals surface area (Å²) in [5, 5.41) is 8.20. The average molecular weight is 294 g/mol. The van der Waals surface area contributed by atoms with Crippen LogP contribution in [-0.2, 0) is 23.3 Å². The van der Waals surface area contributed by atoms with Gasteiger partial charge in [-0.25, -0.2) is 5.14 Å². The third-order valence-electron chi connectivity index (χ3n) is 2.86. The van der Waals surface area contributed by atoms with E-state index in [0.29, 0.717) is 12.2 Å². The maximum atomic E-state index is 11.0. The van der Waals surface area contributed by atoms with Gasteiger partial charge in [-0.1, -0.05) is 6.07 Å². The molecule has 0 amide bonds. The number of nitrogens with two attached hydrogens (primary N) is 1. The number of anilines is 2. The standard InChI is InChI=1S/C13H18N4O2S/c1-2-17-8-4-7-13(17)10-15-11-5-3-6-12(9-11)16-20(14,18)19/h3-9,15-16H,2,10H2,1H3,(H2,14,18,19). The molecule has 4 N–H and O–H groups in total. The summed E-state index contributed by atoms with van der Waals surface area (Å²) < 4.78 is 26.3. The molecule has 2 rings (SSSR count). The number of benzene rings is 1. The Labute approximate surface area is 118 Å². The van der Waals surface area contributed by atoms with Crippen LogP contribution in [-0.4, -0.2) is 13.0 Å². The highest BCUT2D eigenvalue weighted by Crippen LogP contribution is 2.16. The number of nitrogens with zero attached hydrogens (tertiary/aromatic N) is 1. The van der Waals surface area contributed by atoms with Crippen LogP contribution in [0.25, 0.3) is 0 Å². The molecular weight excluding hydrogens is 276 g/mol. The molecule has 0 bridgehead atoms. The molecule has 0 saturated carbocycles. The van der Waals surface area contributed by atoms with Crippen LogP contribution in [0.1, 0.15) is 12.6 Å². The van der Waals surface area contributed by atoms with Crippen molar-refractivity contribution in [1.82, 2.24) is 4.57 Å². The molecule has 0 aliphatic heterocycles. The second kappa shape index (κ2) is 5.98. The molecule has 1 aromatic carbocycles. The van der Waals surface area contributed by atoms with E-state index < -0.39 is 10.2 Å². The smallest absolute Gasteiger partial charge is 0.296 e. The summed E-state index contributed by atoms with van der Waals surface area (Å²) in [6.07, 6.45) is 2.02. The van der Waals surface area contributed by atoms with E-state index in [4.69, 9.17) is 5.14 Å². The molecule has 1 aromatic heterocycles. The van der Waals surface area contributed by atoms with Crippen molar-refractivity contribution in [2.75, 3.05) is 10.0 Å². The predicted molar refractivity (Wildman–Crippen MR) is 80.6 cm³/mol. The molecule has 0 radical (unpaired) electrons. The maximum Gasteiger partial charge on any atom is 0.296 e. The molecule has 0 unspecified atom stereocenters. The third kappa shape index (κ3) is 4.01. The van der Waals surface area contributed by atoms with Crippen LogP contribution in [0.4, 0.5) is 11.4 Å². The summed E-state index contributed by atoms with van der Waals surface area (Å²) in [6, 6.07) is 11.0. The zero-order valence-corrected chi connectivity index (χ0v) is 12.0. The summed E-state index contributed by atoms with van der Waals surface area (Å²) in [4.78, 5) is 0. The largest absolute Gasteiger partial charge is 0.379 e. The minimum absolute atomic E-state index is 0.434. The summed E-state index contributed by atoms with van der Waals surface area (Å²) >= 11 is 0. The van der Waals surface area contributed by atoms with Crippen LogP contribution in [0.5, 0.6) is 0 Å². The van der Waals surface area contributed by atoms with Gasteiger partial charge in [-0.3, -0.25) is 4.72 Å². The van der Waals surface area contributed by atoms with E-state index in [2.05, 4.69) is 21.5 Å². The number of aromatic nitrogens is 1. The fraction of sp³-hybridized carbons (Fsp3) is 0.231. The SMILES string of the molecule is CCn1cccc1CNc1cccc(NS(N)(=O)=O)c1. The Kier molecular flexibility index (Phi) is 4.31. The lowest BCUT2D eigenvalue weighted by Gasteiger charge is -2.11. The van der Waals surface area contributed by atoms with Crippen molar-refractivity contribution >= 4 is 21.6 Å². The van der Waals surface area contributed by atoms with Gasteiger partial charge in [-0.05, 0) is 37.3 Å². The van der Waals surface area contributed by atoms with Crippen molar-refractivity contribution in [2.24, 2.45) is 5.14 Å². The van der Waals surface area contributed by atoms with Crippen molar-refractivity contribution in [3.8, 4) is 0 Å². The van der Waals surface area contributed by atoms with Crippen molar-refractivity contribution in [1.29, 1.82) is 0 Å². The molecule has 0 fully saturated rings. The lowest BCUT2D eigenvalue weighted by molar-refractivity contribution is 0.603. The van der Waals surface area contributed by atoms with E-state index in [1.807, 2.05) is 24.4 Å². The summed E-state index contributed by atoms with van der Waals surface area (Å²) in [5.41, 5.74) is 2.42. The highest BCUT2D eigenvalue weighted by atomic mass is 32.2. The lowest BCUT2D eigenvalue weighted by Crippen LogP contribution is -2.21. The summed E-state index contributed by atoms with van der Waals surface area (Å²) in [5.74, 6) is 0. The Morgan fingerprint density at radius 3 is 2.65 bits per heavy atom. The number of rotatable bonds is 6. The number of aryl methyl sites for hydroxylation is 1. The average Bonchev–Trinajstić information content (AvgIpc) is 2.82. The van der Waals surface area contributed by atoms with Gasteiger partial charge < -0.3 is 9.88 Å². The van der Waals surface area contributed by atoms with Gasteiger partial charge in [0.15, 0.2) is 0 Å². The van der Waals surface area contributed by atoms with Crippen molar-refractivity contribution in [3.05, 3.63) is 48.3 Å². The van der Waals surface area contributed by atoms with Gasteiger partial charge in [-0.2, -0.15) is 8.42 Å². The Hall–Kier alpha value is -1.99.